The van der Waals surface area contributed by atoms with Crippen molar-refractivity contribution in [1.29, 1.82) is 0 Å². The first kappa shape index (κ1) is 24.4. The molecule has 0 saturated carbocycles. The lowest BCUT2D eigenvalue weighted by molar-refractivity contribution is -0.155. The first-order valence-corrected chi connectivity index (χ1v) is 11.3. The number of aliphatic hydroxyl groups is 2. The fourth-order valence-electron chi connectivity index (χ4n) is 4.12. The van der Waals surface area contributed by atoms with E-state index < -0.39 is 17.3 Å². The van der Waals surface area contributed by atoms with Gasteiger partial charge < -0.3 is 14.9 Å². The molecule has 1 aliphatic heterocycles. The third-order valence-electron chi connectivity index (χ3n) is 5.82. The predicted molar refractivity (Wildman–Crippen MR) is 122 cm³/mol. The summed E-state index contributed by atoms with van der Waals surface area (Å²) in [7, 11) is 0. The summed E-state index contributed by atoms with van der Waals surface area (Å²) < 4.78 is 5.27. The first-order chi connectivity index (χ1) is 14.3. The highest BCUT2D eigenvalue weighted by atomic mass is 16.6. The largest absolute Gasteiger partial charge is 0.456 e. The second-order valence-corrected chi connectivity index (χ2v) is 9.04. The summed E-state index contributed by atoms with van der Waals surface area (Å²) in [6.07, 6.45) is 16.6. The number of benzene rings is 1. The number of unbranched alkanes of at least 4 members (excludes halogenated alkanes) is 6. The van der Waals surface area contributed by atoms with Crippen molar-refractivity contribution in [1.82, 2.24) is 0 Å². The molecule has 1 aromatic carbocycles. The highest BCUT2D eigenvalue weighted by molar-refractivity contribution is 5.73. The van der Waals surface area contributed by atoms with Gasteiger partial charge in [-0.2, -0.15) is 0 Å². The Morgan fingerprint density at radius 2 is 1.77 bits per heavy atom. The lowest BCUT2D eigenvalue weighted by atomic mass is 9.83. The first-order valence-electron chi connectivity index (χ1n) is 11.3. The predicted octanol–water partition coefficient (Wildman–Crippen LogP) is 5.58. The third-order valence-corrected chi connectivity index (χ3v) is 5.82. The molecular formula is C26H38O4. The van der Waals surface area contributed by atoms with Crippen molar-refractivity contribution in [3.05, 3.63) is 54.1 Å². The van der Waals surface area contributed by atoms with E-state index in [1.165, 1.54) is 31.2 Å². The Labute approximate surface area is 181 Å². The SMILES string of the molecule is CC(O)(CCCCCCCCC=CC=Cc1ccccc1)CC1(C)OC(=O)CC1O. The highest BCUT2D eigenvalue weighted by Crippen LogP contribution is 2.36. The zero-order valence-corrected chi connectivity index (χ0v) is 18.6. The average Bonchev–Trinajstić information content (AvgIpc) is 2.93. The second kappa shape index (κ2) is 12.1. The minimum absolute atomic E-state index is 0.0189. The van der Waals surface area contributed by atoms with Gasteiger partial charge in [0.25, 0.3) is 0 Å². The van der Waals surface area contributed by atoms with Gasteiger partial charge in [-0.15, -0.1) is 0 Å². The summed E-state index contributed by atoms with van der Waals surface area (Å²) in [4.78, 5) is 11.4. The van der Waals surface area contributed by atoms with E-state index in [0.29, 0.717) is 6.42 Å². The van der Waals surface area contributed by atoms with Gasteiger partial charge in [-0.1, -0.05) is 86.7 Å². The molecule has 0 bridgehead atoms. The van der Waals surface area contributed by atoms with Gasteiger partial charge in [-0.3, -0.25) is 4.79 Å². The molecule has 4 nitrogen and oxygen atoms in total. The molecule has 4 heteroatoms. The number of ether oxygens (including phenoxy) is 1. The minimum atomic E-state index is -0.968. The zero-order valence-electron chi connectivity index (χ0n) is 18.6. The fraction of sp³-hybridized carbons (Fsp3) is 0.577. The molecule has 1 fully saturated rings. The van der Waals surface area contributed by atoms with Gasteiger partial charge in [-0.25, -0.2) is 0 Å². The van der Waals surface area contributed by atoms with E-state index in [0.717, 1.165) is 19.3 Å². The molecule has 2 rings (SSSR count). The molecule has 1 heterocycles. The number of carbonyl (C=O) groups excluding carboxylic acids is 1. The van der Waals surface area contributed by atoms with Crippen LogP contribution in [0.3, 0.4) is 0 Å². The van der Waals surface area contributed by atoms with Crippen molar-refractivity contribution in [2.45, 2.75) is 95.4 Å². The number of allylic oxidation sites excluding steroid dienone is 3. The molecule has 3 atom stereocenters. The molecule has 1 aliphatic rings. The molecule has 0 amide bonds. The number of hydrogen-bond acceptors (Lipinski definition) is 4. The molecule has 0 aromatic heterocycles. The molecule has 166 valence electrons. The lowest BCUT2D eigenvalue weighted by Crippen LogP contribution is -2.44. The maximum atomic E-state index is 11.4. The molecule has 0 spiro atoms. The third kappa shape index (κ3) is 8.85. The van der Waals surface area contributed by atoms with E-state index >= 15 is 0 Å². The lowest BCUT2D eigenvalue weighted by Gasteiger charge is -2.34. The molecule has 1 aromatic rings. The fourth-order valence-corrected chi connectivity index (χ4v) is 4.12. The van der Waals surface area contributed by atoms with Crippen LogP contribution in [0.25, 0.3) is 6.08 Å². The molecular weight excluding hydrogens is 376 g/mol. The zero-order chi connectivity index (χ0) is 21.9. The Balaban J connectivity index is 1.49. The Morgan fingerprint density at radius 3 is 2.43 bits per heavy atom. The van der Waals surface area contributed by atoms with Gasteiger partial charge in [0.2, 0.25) is 0 Å². The molecule has 0 radical (unpaired) electrons. The van der Waals surface area contributed by atoms with E-state index in [1.807, 2.05) is 18.2 Å². The van der Waals surface area contributed by atoms with Gasteiger partial charge in [-0.05, 0) is 38.7 Å². The molecule has 30 heavy (non-hydrogen) atoms. The number of rotatable bonds is 13. The second-order valence-electron chi connectivity index (χ2n) is 9.04. The summed E-state index contributed by atoms with van der Waals surface area (Å²) >= 11 is 0. The Kier molecular flexibility index (Phi) is 9.80. The van der Waals surface area contributed by atoms with E-state index in [1.54, 1.807) is 13.8 Å². The van der Waals surface area contributed by atoms with Crippen molar-refractivity contribution in [2.24, 2.45) is 0 Å². The van der Waals surface area contributed by atoms with Crippen molar-refractivity contribution in [3.8, 4) is 0 Å². The van der Waals surface area contributed by atoms with E-state index in [4.69, 9.17) is 4.74 Å². The van der Waals surface area contributed by atoms with Crippen LogP contribution in [0.1, 0.15) is 83.6 Å². The molecule has 1 saturated heterocycles. The van der Waals surface area contributed by atoms with Gasteiger partial charge in [0.15, 0.2) is 0 Å². The van der Waals surface area contributed by atoms with Gasteiger partial charge in [0.05, 0.1) is 12.0 Å². The van der Waals surface area contributed by atoms with Crippen LogP contribution >= 0.6 is 0 Å². The monoisotopic (exact) mass is 414 g/mol. The number of esters is 1. The van der Waals surface area contributed by atoms with Crippen LogP contribution in [0.2, 0.25) is 0 Å². The standard InChI is InChI=1S/C26H38O4/c1-25(29,21-26(2)23(27)20-24(28)30-26)19-15-10-8-6-4-3-5-7-9-12-16-22-17-13-11-14-18-22/h7,9,11-14,16-18,23,27,29H,3-6,8,10,15,19-21H2,1-2H3. The number of hydrogen-bond donors (Lipinski definition) is 2. The van der Waals surface area contributed by atoms with Crippen molar-refractivity contribution >= 4 is 12.0 Å². The average molecular weight is 415 g/mol. The molecule has 0 aliphatic carbocycles. The van der Waals surface area contributed by atoms with Crippen LogP contribution in [-0.2, 0) is 9.53 Å². The van der Waals surface area contributed by atoms with Gasteiger partial charge in [0, 0.05) is 6.42 Å². The molecule has 3 unspecified atom stereocenters. The summed E-state index contributed by atoms with van der Waals surface area (Å²) in [6, 6.07) is 10.3. The van der Waals surface area contributed by atoms with Crippen molar-refractivity contribution in [3.63, 3.8) is 0 Å². The topological polar surface area (TPSA) is 66.8 Å². The van der Waals surface area contributed by atoms with Crippen LogP contribution in [0.4, 0.5) is 0 Å². The van der Waals surface area contributed by atoms with Crippen LogP contribution in [0.15, 0.2) is 48.6 Å². The van der Waals surface area contributed by atoms with Crippen molar-refractivity contribution in [2.75, 3.05) is 0 Å². The number of carbonyl (C=O) groups is 1. The van der Waals surface area contributed by atoms with Crippen LogP contribution in [0, 0.1) is 0 Å². The van der Waals surface area contributed by atoms with E-state index in [-0.39, 0.29) is 18.8 Å². The highest BCUT2D eigenvalue weighted by Gasteiger charge is 2.48. The van der Waals surface area contributed by atoms with Gasteiger partial charge in [0.1, 0.15) is 11.7 Å². The van der Waals surface area contributed by atoms with Gasteiger partial charge >= 0.3 is 5.97 Å². The van der Waals surface area contributed by atoms with Crippen LogP contribution < -0.4 is 0 Å². The van der Waals surface area contributed by atoms with E-state index in [9.17, 15) is 15.0 Å². The van der Waals surface area contributed by atoms with Crippen LogP contribution in [-0.4, -0.2) is 33.5 Å². The summed E-state index contributed by atoms with van der Waals surface area (Å²) in [5.41, 5.74) is -0.682. The Morgan fingerprint density at radius 1 is 1.10 bits per heavy atom. The maximum Gasteiger partial charge on any atom is 0.309 e. The number of aliphatic hydroxyl groups excluding tert-OH is 1. The van der Waals surface area contributed by atoms with Crippen molar-refractivity contribution < 1.29 is 19.7 Å². The smallest absolute Gasteiger partial charge is 0.309 e. The summed E-state index contributed by atoms with van der Waals surface area (Å²) in [6.45, 7) is 3.48. The maximum absolute atomic E-state index is 11.4. The van der Waals surface area contributed by atoms with E-state index in [2.05, 4.69) is 36.4 Å². The Bertz CT molecular complexity index is 692. The minimum Gasteiger partial charge on any atom is -0.456 e. The Hall–Kier alpha value is -1.91. The molecule has 2 N–H and O–H groups in total. The summed E-state index contributed by atoms with van der Waals surface area (Å²) in [5.74, 6) is -0.386. The number of cyclic esters (lactones) is 1. The normalized spacial score (nSPS) is 23.9. The quantitative estimate of drug-likeness (QED) is 0.251. The van der Waals surface area contributed by atoms with Crippen LogP contribution in [0.5, 0.6) is 0 Å². The summed E-state index contributed by atoms with van der Waals surface area (Å²) in [5, 5.41) is 20.7.